The zero-order valence-corrected chi connectivity index (χ0v) is 25.7. The number of hydrogen-bond donors (Lipinski definition) is 5. The molecule has 41 heavy (non-hydrogen) atoms. The van der Waals surface area contributed by atoms with Gasteiger partial charge in [0.05, 0.1) is 24.2 Å². The Morgan fingerprint density at radius 1 is 1.27 bits per heavy atom. The van der Waals surface area contributed by atoms with Crippen LogP contribution in [-0.2, 0) is 25.3 Å². The van der Waals surface area contributed by atoms with E-state index in [1.807, 2.05) is 17.5 Å². The number of rotatable bonds is 14. The summed E-state index contributed by atoms with van der Waals surface area (Å²) in [4.78, 5) is 40.9. The minimum atomic E-state index is -0.744. The molecule has 2 amide bonds. The van der Waals surface area contributed by atoms with Crippen LogP contribution in [-0.4, -0.2) is 55.1 Å². The van der Waals surface area contributed by atoms with E-state index in [2.05, 4.69) is 61.0 Å². The van der Waals surface area contributed by atoms with Crippen LogP contribution in [0.4, 0.5) is 0 Å². The van der Waals surface area contributed by atoms with Crippen LogP contribution >= 0.6 is 11.3 Å². The Morgan fingerprint density at radius 3 is 2.71 bits per heavy atom. The van der Waals surface area contributed by atoms with Crippen molar-refractivity contribution >= 4 is 36.2 Å². The summed E-state index contributed by atoms with van der Waals surface area (Å²) in [7, 11) is -0.542. The predicted molar refractivity (Wildman–Crippen MR) is 159 cm³/mol. The number of guanidine groups is 1. The molecule has 3 saturated carbocycles. The smallest absolute Gasteiger partial charge is 0.404 e. The fourth-order valence-corrected chi connectivity index (χ4v) is 7.65. The van der Waals surface area contributed by atoms with Gasteiger partial charge in [-0.05, 0) is 80.1 Å². The van der Waals surface area contributed by atoms with Crippen molar-refractivity contribution in [2.45, 2.75) is 103 Å². The Hall–Kier alpha value is -2.51. The Bertz CT molecular complexity index is 1100. The van der Waals surface area contributed by atoms with Gasteiger partial charge in [0.25, 0.3) is 0 Å². The number of hydrogen-bond acceptors (Lipinski definition) is 7. The number of nitrogens with zero attached hydrogens (tertiary/aromatic N) is 1. The van der Waals surface area contributed by atoms with Crippen LogP contribution in [0.3, 0.4) is 0 Å². The highest BCUT2D eigenvalue weighted by atomic mass is 32.1. The molecule has 0 radical (unpaired) electrons. The summed E-state index contributed by atoms with van der Waals surface area (Å²) in [6, 6.07) is 3.21. The maximum atomic E-state index is 13.7. The van der Waals surface area contributed by atoms with Crippen molar-refractivity contribution in [1.82, 2.24) is 16.1 Å². The number of nitrogens with two attached hydrogens (primary N) is 1. The minimum Gasteiger partial charge on any atom is -0.404 e. The zero-order chi connectivity index (χ0) is 29.8. The van der Waals surface area contributed by atoms with Gasteiger partial charge in [-0.1, -0.05) is 33.8 Å². The van der Waals surface area contributed by atoms with Gasteiger partial charge in [-0.15, -0.1) is 21.7 Å². The van der Waals surface area contributed by atoms with E-state index < -0.39 is 13.2 Å². The van der Waals surface area contributed by atoms with Crippen molar-refractivity contribution in [3.8, 4) is 0 Å². The first-order valence-corrected chi connectivity index (χ1v) is 15.7. The molecular formula is C28H46BN6O5S+. The molecule has 2 heterocycles. The summed E-state index contributed by atoms with van der Waals surface area (Å²) in [6.45, 7) is 11.5. The fraction of sp³-hybridized carbons (Fsp3) is 0.750. The zero-order valence-electron chi connectivity index (χ0n) is 24.9. The summed E-state index contributed by atoms with van der Waals surface area (Å²) in [6.07, 6.45) is 4.65. The maximum absolute atomic E-state index is 13.7. The number of nitroso groups, excluding NO2 is 1. The number of nitrogens with one attached hydrogen (secondary N) is 4. The summed E-state index contributed by atoms with van der Waals surface area (Å²) in [5, 5.41) is 10.7. The topological polar surface area (TPSA) is 158 Å². The van der Waals surface area contributed by atoms with Crippen molar-refractivity contribution in [2.75, 3.05) is 6.54 Å². The highest BCUT2D eigenvalue weighted by Gasteiger charge is 2.68. The monoisotopic (exact) mass is 589 g/mol. The van der Waals surface area contributed by atoms with Gasteiger partial charge in [0.1, 0.15) is 11.3 Å². The molecule has 0 aromatic carbocycles. The molecule has 226 valence electrons. The van der Waals surface area contributed by atoms with Crippen molar-refractivity contribution in [1.29, 1.82) is 0 Å². The van der Waals surface area contributed by atoms with E-state index in [0.717, 1.165) is 17.7 Å². The van der Waals surface area contributed by atoms with Gasteiger partial charge in [0, 0.05) is 11.3 Å². The summed E-state index contributed by atoms with van der Waals surface area (Å²) in [5.41, 5.74) is 7.59. The van der Waals surface area contributed by atoms with Crippen LogP contribution in [0.5, 0.6) is 0 Å². The number of thiophene rings is 1. The SMILES string of the molecule is CC(C)C[C@H](NC(=O)[C@H](CCC[NH+]=C(N)NN=O)NC(=O)CCc1cccs1)B1O[C@@H]2C[C@@H]3C[C@@H](C3(C)C)[C@]2(C)O1. The molecule has 4 fully saturated rings. The Balaban J connectivity index is 1.42. The molecule has 1 aromatic heterocycles. The van der Waals surface area contributed by atoms with Crippen LogP contribution in [0.25, 0.3) is 0 Å². The second kappa shape index (κ2) is 13.2. The van der Waals surface area contributed by atoms with Crippen molar-refractivity contribution in [2.24, 2.45) is 34.2 Å². The van der Waals surface area contributed by atoms with Gasteiger partial charge in [-0.3, -0.25) is 20.3 Å². The second-order valence-corrected chi connectivity index (χ2v) is 14.0. The van der Waals surface area contributed by atoms with Gasteiger partial charge < -0.3 is 19.9 Å². The standard InChI is InChI=1S/C28H45BN6O5S/c1-17(2)14-23(29-39-22-16-18-15-21(27(18,3)4)28(22,5)40-29)33-25(37)20(9-6-12-31-26(30)34-35-38)32-24(36)11-10-19-8-7-13-41-19/h7-8,13,17-18,20-23H,6,9-12,14-16H2,1-5H3,(H,32,36)(H,33,37)(H3,30,31,34,38)/p+1/t18-,20-,21-,22+,23-,28-/m0/s1. The summed E-state index contributed by atoms with van der Waals surface area (Å²) >= 11 is 1.61. The largest absolute Gasteiger partial charge is 0.481 e. The molecule has 5 rings (SSSR count). The van der Waals surface area contributed by atoms with Gasteiger partial charge in [0.2, 0.25) is 11.8 Å². The van der Waals surface area contributed by atoms with Crippen molar-refractivity contribution in [3.05, 3.63) is 27.3 Å². The van der Waals surface area contributed by atoms with Crippen molar-refractivity contribution in [3.63, 3.8) is 0 Å². The average molecular weight is 590 g/mol. The van der Waals surface area contributed by atoms with E-state index in [4.69, 9.17) is 15.0 Å². The van der Waals surface area contributed by atoms with E-state index >= 15 is 0 Å². The molecular weight excluding hydrogens is 543 g/mol. The Morgan fingerprint density at radius 2 is 2.05 bits per heavy atom. The third-order valence-electron chi connectivity index (χ3n) is 9.33. The second-order valence-electron chi connectivity index (χ2n) is 13.0. The molecule has 13 heteroatoms. The quantitative estimate of drug-likeness (QED) is 0.0548. The maximum Gasteiger partial charge on any atom is 0.481 e. The number of aryl methyl sites for hydroxylation is 1. The average Bonchev–Trinajstić information content (AvgIpc) is 3.55. The molecule has 1 aliphatic heterocycles. The predicted octanol–water partition coefficient (Wildman–Crippen LogP) is 1.41. The Labute approximate surface area is 247 Å². The lowest BCUT2D eigenvalue weighted by Crippen LogP contribution is -2.78. The lowest BCUT2D eigenvalue weighted by molar-refractivity contribution is -0.461. The lowest BCUT2D eigenvalue weighted by Gasteiger charge is -2.64. The molecule has 6 atom stereocenters. The molecule has 6 N–H and O–H groups in total. The van der Waals surface area contributed by atoms with Crippen LogP contribution < -0.4 is 26.8 Å². The first-order chi connectivity index (χ1) is 19.4. The summed E-state index contributed by atoms with van der Waals surface area (Å²) in [5.74, 6) is 0.603. The molecule has 0 spiro atoms. The number of amides is 2. The van der Waals surface area contributed by atoms with E-state index in [1.165, 1.54) is 0 Å². The fourth-order valence-electron chi connectivity index (χ4n) is 6.95. The first kappa shape index (κ1) is 31.4. The summed E-state index contributed by atoms with van der Waals surface area (Å²) < 4.78 is 13.2. The van der Waals surface area contributed by atoms with Crippen LogP contribution in [0.2, 0.25) is 0 Å². The molecule has 2 bridgehead atoms. The van der Waals surface area contributed by atoms with Gasteiger partial charge in [-0.2, -0.15) is 0 Å². The molecule has 4 aliphatic rings. The van der Waals surface area contributed by atoms with Gasteiger partial charge in [0.15, 0.2) is 0 Å². The van der Waals surface area contributed by atoms with E-state index in [1.54, 1.807) is 11.3 Å². The number of carbonyl (C=O) groups is 2. The molecule has 11 nitrogen and oxygen atoms in total. The van der Waals surface area contributed by atoms with Crippen LogP contribution in [0, 0.1) is 28.1 Å². The minimum absolute atomic E-state index is 0.0193. The lowest BCUT2D eigenvalue weighted by atomic mass is 9.43. The normalized spacial score (nSPS) is 27.9. The first-order valence-electron chi connectivity index (χ1n) is 14.8. The van der Waals surface area contributed by atoms with Gasteiger partial charge in [-0.25, -0.2) is 0 Å². The third kappa shape index (κ3) is 7.29. The van der Waals surface area contributed by atoms with Gasteiger partial charge >= 0.3 is 13.1 Å². The molecule has 1 saturated heterocycles. The van der Waals surface area contributed by atoms with Crippen LogP contribution in [0.1, 0.15) is 78.0 Å². The molecule has 1 aromatic rings. The highest BCUT2D eigenvalue weighted by molar-refractivity contribution is 7.09. The Kier molecular flexibility index (Phi) is 10.1. The van der Waals surface area contributed by atoms with E-state index in [0.29, 0.717) is 56.4 Å². The third-order valence-corrected chi connectivity index (χ3v) is 10.3. The molecule has 0 unspecified atom stereocenters. The van der Waals surface area contributed by atoms with E-state index in [9.17, 15) is 14.5 Å². The van der Waals surface area contributed by atoms with Crippen LogP contribution in [0.15, 0.2) is 22.8 Å². The van der Waals surface area contributed by atoms with E-state index in [-0.39, 0.29) is 40.8 Å². The van der Waals surface area contributed by atoms with Crippen molar-refractivity contribution < 1.29 is 23.9 Å². The molecule has 3 aliphatic carbocycles. The number of carbonyl (C=O) groups excluding carboxylic acids is 2. The highest BCUT2D eigenvalue weighted by Crippen LogP contribution is 2.65.